The number of nitrogens with one attached hydrogen (secondary N) is 1. The molecule has 8 bridgehead atoms. The van der Waals surface area contributed by atoms with Crippen LogP contribution in [0.3, 0.4) is 0 Å². The molecule has 0 heterocycles. The third-order valence-electron chi connectivity index (χ3n) is 10.8. The van der Waals surface area contributed by atoms with Crippen LogP contribution in [-0.2, 0) is 20.9 Å². The normalized spacial score (nSPS) is 47.3. The van der Waals surface area contributed by atoms with E-state index in [9.17, 15) is 8.42 Å². The Morgan fingerprint density at radius 2 is 1.13 bits per heavy atom. The number of hydrogen-bond acceptors (Lipinski definition) is 2. The van der Waals surface area contributed by atoms with Gasteiger partial charge in [0.25, 0.3) is 0 Å². The molecule has 0 spiro atoms. The molecule has 8 aliphatic rings. The molecule has 0 radical (unpaired) electrons. The first-order valence-corrected chi connectivity index (χ1v) is 14.4. The minimum atomic E-state index is -3.47. The highest BCUT2D eigenvalue weighted by molar-refractivity contribution is 7.89. The number of benzene rings is 1. The summed E-state index contributed by atoms with van der Waals surface area (Å²) in [6.07, 6.45) is 15.9. The van der Waals surface area contributed by atoms with Crippen LogP contribution in [-0.4, -0.2) is 15.5 Å². The third-order valence-corrected chi connectivity index (χ3v) is 12.3. The van der Waals surface area contributed by atoms with Gasteiger partial charge in [-0.3, -0.25) is 0 Å². The molecule has 4 heteroatoms. The van der Waals surface area contributed by atoms with Crippen LogP contribution < -0.4 is 4.72 Å². The van der Waals surface area contributed by atoms with E-state index >= 15 is 0 Å². The summed E-state index contributed by atoms with van der Waals surface area (Å²) >= 11 is 0. The van der Waals surface area contributed by atoms with E-state index in [2.05, 4.69) is 22.9 Å². The van der Waals surface area contributed by atoms with Crippen molar-refractivity contribution < 1.29 is 8.42 Å². The molecule has 0 aromatic heterocycles. The Morgan fingerprint density at radius 1 is 0.710 bits per heavy atom. The quantitative estimate of drug-likeness (QED) is 0.670. The highest BCUT2D eigenvalue weighted by Crippen LogP contribution is 2.63. The molecule has 0 atom stereocenters. The van der Waals surface area contributed by atoms with Crippen molar-refractivity contribution >= 4 is 10.0 Å². The molecular weight excluding hydrogens is 402 g/mol. The summed E-state index contributed by atoms with van der Waals surface area (Å²) in [7, 11) is -1.87. The van der Waals surface area contributed by atoms with Gasteiger partial charge in [-0.1, -0.05) is 12.1 Å². The second kappa shape index (κ2) is 6.38. The van der Waals surface area contributed by atoms with E-state index in [0.717, 1.165) is 41.1 Å². The van der Waals surface area contributed by atoms with Gasteiger partial charge in [-0.25, -0.2) is 13.1 Å². The molecule has 0 saturated heterocycles. The molecule has 8 saturated carbocycles. The molecule has 3 nitrogen and oxygen atoms in total. The molecule has 168 valence electrons. The van der Waals surface area contributed by atoms with E-state index in [1.807, 2.05) is 0 Å². The van der Waals surface area contributed by atoms with Crippen LogP contribution in [0.5, 0.6) is 0 Å². The highest BCUT2D eigenvalue weighted by Gasteiger charge is 2.54. The topological polar surface area (TPSA) is 46.2 Å². The molecule has 1 aromatic carbocycles. The molecule has 8 fully saturated rings. The van der Waals surface area contributed by atoms with Gasteiger partial charge in [0.15, 0.2) is 0 Å². The van der Waals surface area contributed by atoms with E-state index < -0.39 is 10.0 Å². The number of rotatable bonds is 4. The van der Waals surface area contributed by atoms with Gasteiger partial charge in [0.05, 0.1) is 4.90 Å². The Kier molecular flexibility index (Phi) is 4.03. The van der Waals surface area contributed by atoms with Crippen molar-refractivity contribution in [3.63, 3.8) is 0 Å². The smallest absolute Gasteiger partial charge is 0.214 e. The average Bonchev–Trinajstić information content (AvgIpc) is 2.71. The van der Waals surface area contributed by atoms with Gasteiger partial charge in [0.1, 0.15) is 0 Å². The summed E-state index contributed by atoms with van der Waals surface area (Å²) in [5, 5.41) is 0. The fraction of sp³-hybridized carbons (Fsp3) is 0.778. The first kappa shape index (κ1) is 19.6. The molecule has 9 rings (SSSR count). The maximum Gasteiger partial charge on any atom is 0.240 e. The van der Waals surface area contributed by atoms with E-state index in [4.69, 9.17) is 0 Å². The Morgan fingerprint density at radius 3 is 1.55 bits per heavy atom. The zero-order chi connectivity index (χ0) is 21.0. The van der Waals surface area contributed by atoms with Crippen LogP contribution in [0.15, 0.2) is 23.1 Å². The second-order valence-corrected chi connectivity index (χ2v) is 14.7. The van der Waals surface area contributed by atoms with Crippen molar-refractivity contribution in [3.05, 3.63) is 29.3 Å². The molecule has 0 amide bonds. The van der Waals surface area contributed by atoms with Crippen LogP contribution in [0.2, 0.25) is 0 Å². The summed E-state index contributed by atoms with van der Waals surface area (Å²) in [6.45, 7) is 0. The molecule has 8 aliphatic carbocycles. The molecule has 0 unspecified atom stereocenters. The minimum Gasteiger partial charge on any atom is -0.214 e. The van der Waals surface area contributed by atoms with Crippen LogP contribution in [0, 0.1) is 35.5 Å². The second-order valence-electron chi connectivity index (χ2n) is 12.8. The van der Waals surface area contributed by atoms with E-state index in [1.54, 1.807) is 7.05 Å². The standard InChI is InChI=1S/C27H37NO2S/c1-28-31(29,30)25-10-23(26-11-17-4-18(12-26)6-19(5-17)13-26)2-3-24(25)27-14-20-7-21(15-27)9-22(8-20)16-27/h2-3,10,17-22,28H,4-9,11-16H2,1H3. The Balaban J connectivity index is 1.35. The Hall–Kier alpha value is -0.870. The Labute approximate surface area is 187 Å². The fourth-order valence-electron chi connectivity index (χ4n) is 10.5. The lowest BCUT2D eigenvalue weighted by Crippen LogP contribution is -2.50. The van der Waals surface area contributed by atoms with Gasteiger partial charge in [0, 0.05) is 0 Å². The zero-order valence-corrected chi connectivity index (χ0v) is 19.7. The van der Waals surface area contributed by atoms with Gasteiger partial charge < -0.3 is 0 Å². The molecular formula is C27H37NO2S. The summed E-state index contributed by atoms with van der Waals surface area (Å²) in [5.74, 6) is 5.08. The SMILES string of the molecule is CNS(=O)(=O)c1cc(C23CC4CC(CC(C4)C2)C3)ccc1C12CC3CC(CC(C3)C1)C2. The maximum absolute atomic E-state index is 13.4. The monoisotopic (exact) mass is 439 g/mol. The fourth-order valence-corrected chi connectivity index (χ4v) is 11.6. The van der Waals surface area contributed by atoms with Crippen molar-refractivity contribution in [2.24, 2.45) is 35.5 Å². The van der Waals surface area contributed by atoms with Crippen LogP contribution in [0.1, 0.15) is 88.2 Å². The summed E-state index contributed by atoms with van der Waals surface area (Å²) in [6, 6.07) is 6.84. The van der Waals surface area contributed by atoms with Gasteiger partial charge in [-0.15, -0.1) is 0 Å². The van der Waals surface area contributed by atoms with Crippen LogP contribution >= 0.6 is 0 Å². The zero-order valence-electron chi connectivity index (χ0n) is 18.9. The predicted octanol–water partition coefficient (Wildman–Crippen LogP) is 5.53. The van der Waals surface area contributed by atoms with E-state index in [1.165, 1.54) is 82.6 Å². The Bertz CT molecular complexity index is 955. The van der Waals surface area contributed by atoms with Gasteiger partial charge in [-0.05, 0) is 148 Å². The largest absolute Gasteiger partial charge is 0.240 e. The minimum absolute atomic E-state index is 0.105. The van der Waals surface area contributed by atoms with Crippen LogP contribution in [0.25, 0.3) is 0 Å². The lowest BCUT2D eigenvalue weighted by Gasteiger charge is -2.58. The van der Waals surface area contributed by atoms with Gasteiger partial charge in [-0.2, -0.15) is 0 Å². The van der Waals surface area contributed by atoms with Crippen molar-refractivity contribution in [1.82, 2.24) is 4.72 Å². The lowest BCUT2D eigenvalue weighted by atomic mass is 9.47. The van der Waals surface area contributed by atoms with Crippen molar-refractivity contribution in [2.75, 3.05) is 7.05 Å². The average molecular weight is 440 g/mol. The lowest BCUT2D eigenvalue weighted by molar-refractivity contribution is -0.00803. The van der Waals surface area contributed by atoms with Crippen molar-refractivity contribution in [2.45, 2.75) is 92.8 Å². The highest BCUT2D eigenvalue weighted by atomic mass is 32.2. The number of hydrogen-bond donors (Lipinski definition) is 1. The number of sulfonamides is 1. The summed E-state index contributed by atoms with van der Waals surface area (Å²) in [4.78, 5) is 0.630. The molecule has 31 heavy (non-hydrogen) atoms. The van der Waals surface area contributed by atoms with Crippen molar-refractivity contribution in [3.8, 4) is 0 Å². The molecule has 1 aromatic rings. The maximum atomic E-state index is 13.4. The summed E-state index contributed by atoms with van der Waals surface area (Å²) in [5.41, 5.74) is 2.85. The van der Waals surface area contributed by atoms with Crippen LogP contribution in [0.4, 0.5) is 0 Å². The van der Waals surface area contributed by atoms with E-state index in [-0.39, 0.29) is 10.8 Å². The predicted molar refractivity (Wildman–Crippen MR) is 122 cm³/mol. The first-order chi connectivity index (χ1) is 14.9. The van der Waals surface area contributed by atoms with Gasteiger partial charge >= 0.3 is 0 Å². The van der Waals surface area contributed by atoms with Gasteiger partial charge in [0.2, 0.25) is 10.0 Å². The first-order valence-electron chi connectivity index (χ1n) is 12.9. The molecule has 1 N–H and O–H groups in total. The molecule has 0 aliphatic heterocycles. The summed E-state index contributed by atoms with van der Waals surface area (Å²) < 4.78 is 29.5. The van der Waals surface area contributed by atoms with Crippen molar-refractivity contribution in [1.29, 1.82) is 0 Å². The van der Waals surface area contributed by atoms with E-state index in [0.29, 0.717) is 4.90 Å². The third kappa shape index (κ3) is 2.82.